The van der Waals surface area contributed by atoms with E-state index in [0.29, 0.717) is 29.7 Å². The summed E-state index contributed by atoms with van der Waals surface area (Å²) in [5, 5.41) is 2.99. The van der Waals surface area contributed by atoms with Gasteiger partial charge in [0.2, 0.25) is 0 Å². The molecule has 0 saturated heterocycles. The molecule has 4 nitrogen and oxygen atoms in total. The molecule has 0 aliphatic heterocycles. The Morgan fingerprint density at radius 3 is 2.76 bits per heavy atom. The third-order valence-electron chi connectivity index (χ3n) is 3.01. The van der Waals surface area contributed by atoms with E-state index in [4.69, 9.17) is 44.3 Å². The smallest absolute Gasteiger partial charge is 0.411 e. The first kappa shape index (κ1) is 16.5. The van der Waals surface area contributed by atoms with Gasteiger partial charge in [-0.25, -0.2) is 4.79 Å². The first-order valence-electron chi connectivity index (χ1n) is 6.66. The normalized spacial score (nSPS) is 19.0. The number of carbonyl (C=O) groups excluding carboxylic acids is 1. The zero-order chi connectivity index (χ0) is 15.5. The average molecular weight is 353 g/mol. The molecule has 1 amide bonds. The number of halogens is 3. The van der Waals surface area contributed by atoms with Crippen molar-refractivity contribution in [3.05, 3.63) is 23.2 Å². The van der Waals surface area contributed by atoms with Crippen LogP contribution in [0, 0.1) is 5.92 Å². The van der Waals surface area contributed by atoms with Crippen LogP contribution in [-0.4, -0.2) is 23.6 Å². The molecule has 1 aliphatic rings. The van der Waals surface area contributed by atoms with E-state index in [-0.39, 0.29) is 5.92 Å². The second-order valence-corrected chi connectivity index (χ2v) is 6.83. The molecule has 116 valence electrons. The molecule has 1 aromatic carbocycles. The second-order valence-electron chi connectivity index (χ2n) is 4.88. The van der Waals surface area contributed by atoms with Crippen LogP contribution >= 0.6 is 34.8 Å². The first-order valence-corrected chi connectivity index (χ1v) is 7.79. The van der Waals surface area contributed by atoms with E-state index in [1.807, 2.05) is 6.92 Å². The van der Waals surface area contributed by atoms with Crippen LogP contribution in [0.25, 0.3) is 0 Å². The number of alkyl halides is 2. The lowest BCUT2D eigenvalue weighted by atomic mass is 10.3. The quantitative estimate of drug-likeness (QED) is 0.743. The molecular weight excluding hydrogens is 337 g/mol. The van der Waals surface area contributed by atoms with Crippen LogP contribution in [0.15, 0.2) is 18.2 Å². The Morgan fingerprint density at radius 1 is 1.48 bits per heavy atom. The van der Waals surface area contributed by atoms with Crippen LogP contribution in [0.5, 0.6) is 5.75 Å². The lowest BCUT2D eigenvalue weighted by Crippen LogP contribution is -2.14. The molecular formula is C14H16Cl3NO3. The third-order valence-corrected chi connectivity index (χ3v) is 4.23. The highest BCUT2D eigenvalue weighted by atomic mass is 35.5. The lowest BCUT2D eigenvalue weighted by Gasteiger charge is -2.10. The summed E-state index contributed by atoms with van der Waals surface area (Å²) >= 11 is 18.0. The fourth-order valence-corrected chi connectivity index (χ4v) is 2.42. The number of amides is 1. The summed E-state index contributed by atoms with van der Waals surface area (Å²) in [6, 6.07) is 4.98. The van der Waals surface area contributed by atoms with Gasteiger partial charge in [0.05, 0.1) is 18.2 Å². The minimum Gasteiger partial charge on any atom is -0.492 e. The van der Waals surface area contributed by atoms with Gasteiger partial charge < -0.3 is 9.47 Å². The van der Waals surface area contributed by atoms with Crippen molar-refractivity contribution < 1.29 is 14.3 Å². The predicted molar refractivity (Wildman–Crippen MR) is 84.8 cm³/mol. The molecule has 0 heterocycles. The maximum absolute atomic E-state index is 11.4. The summed E-state index contributed by atoms with van der Waals surface area (Å²) in [6.45, 7) is 2.71. The Labute approximate surface area is 138 Å². The molecule has 1 saturated carbocycles. The van der Waals surface area contributed by atoms with E-state index < -0.39 is 10.4 Å². The molecule has 0 bridgehead atoms. The number of ether oxygens (including phenoxy) is 2. The molecule has 1 aromatic rings. The van der Waals surface area contributed by atoms with E-state index in [0.717, 1.165) is 12.8 Å². The zero-order valence-corrected chi connectivity index (χ0v) is 13.8. The summed E-state index contributed by atoms with van der Waals surface area (Å²) in [4.78, 5) is 11.4. The Bertz CT molecular complexity index is 522. The Hall–Kier alpha value is -0.840. The highest BCUT2D eigenvalue weighted by Gasteiger charge is 2.52. The number of nitrogens with one attached hydrogen (secondary N) is 1. The van der Waals surface area contributed by atoms with E-state index in [9.17, 15) is 4.79 Å². The fourth-order valence-electron chi connectivity index (χ4n) is 1.69. The van der Waals surface area contributed by atoms with Crippen molar-refractivity contribution in [2.45, 2.75) is 24.1 Å². The van der Waals surface area contributed by atoms with E-state index in [1.54, 1.807) is 18.2 Å². The summed E-state index contributed by atoms with van der Waals surface area (Å²) in [5.74, 6) is 0.652. The van der Waals surface area contributed by atoms with Crippen molar-refractivity contribution in [1.82, 2.24) is 0 Å². The predicted octanol–water partition coefficient (Wildman–Crippen LogP) is 4.87. The molecule has 1 aliphatic carbocycles. The molecule has 1 atom stereocenters. The minimum absolute atomic E-state index is 0.124. The molecule has 0 radical (unpaired) electrons. The molecule has 0 aromatic heterocycles. The molecule has 1 unspecified atom stereocenters. The van der Waals surface area contributed by atoms with Gasteiger partial charge in [-0.15, -0.1) is 23.2 Å². The van der Waals surface area contributed by atoms with Gasteiger partial charge in [0.25, 0.3) is 0 Å². The Balaban J connectivity index is 1.86. The van der Waals surface area contributed by atoms with Crippen LogP contribution < -0.4 is 10.1 Å². The summed E-state index contributed by atoms with van der Waals surface area (Å²) in [6.07, 6.45) is 0.982. The minimum atomic E-state index is -0.670. The van der Waals surface area contributed by atoms with Crippen molar-refractivity contribution in [2.75, 3.05) is 18.5 Å². The van der Waals surface area contributed by atoms with E-state index >= 15 is 0 Å². The van der Waals surface area contributed by atoms with Crippen molar-refractivity contribution >= 4 is 46.6 Å². The molecule has 2 rings (SSSR count). The van der Waals surface area contributed by atoms with Gasteiger partial charge in [-0.1, -0.05) is 18.5 Å². The highest BCUT2D eigenvalue weighted by Crippen LogP contribution is 2.53. The Morgan fingerprint density at radius 2 is 2.19 bits per heavy atom. The van der Waals surface area contributed by atoms with E-state index in [2.05, 4.69) is 5.32 Å². The fraction of sp³-hybridized carbons (Fsp3) is 0.500. The standard InChI is InChI=1S/C14H16Cl3NO3/c1-2-5-20-13(19)18-10-3-4-12(11(15)6-10)21-8-9-7-14(9,16)17/h3-4,6,9H,2,5,7-8H2,1H3,(H,18,19). The van der Waals surface area contributed by atoms with Gasteiger partial charge in [-0.05, 0) is 31.0 Å². The summed E-state index contributed by atoms with van der Waals surface area (Å²) < 4.78 is 9.83. The SMILES string of the molecule is CCCOC(=O)Nc1ccc(OCC2CC2(Cl)Cl)c(Cl)c1. The number of anilines is 1. The largest absolute Gasteiger partial charge is 0.492 e. The van der Waals surface area contributed by atoms with Gasteiger partial charge in [0, 0.05) is 11.6 Å². The number of hydrogen-bond donors (Lipinski definition) is 1. The summed E-state index contributed by atoms with van der Waals surface area (Å²) in [5.41, 5.74) is 0.545. The van der Waals surface area contributed by atoms with Gasteiger partial charge in [0.15, 0.2) is 0 Å². The number of carbonyl (C=O) groups is 1. The third kappa shape index (κ3) is 4.83. The van der Waals surface area contributed by atoms with Crippen LogP contribution in [0.3, 0.4) is 0 Å². The molecule has 1 fully saturated rings. The van der Waals surface area contributed by atoms with Gasteiger partial charge >= 0.3 is 6.09 Å². The number of hydrogen-bond acceptors (Lipinski definition) is 3. The molecule has 1 N–H and O–H groups in total. The van der Waals surface area contributed by atoms with Gasteiger partial charge in [0.1, 0.15) is 10.1 Å². The first-order chi connectivity index (χ1) is 9.92. The molecule has 7 heteroatoms. The monoisotopic (exact) mass is 351 g/mol. The highest BCUT2D eigenvalue weighted by molar-refractivity contribution is 6.50. The van der Waals surface area contributed by atoms with Crippen LogP contribution in [-0.2, 0) is 4.74 Å². The molecule has 0 spiro atoms. The van der Waals surface area contributed by atoms with E-state index in [1.165, 1.54) is 0 Å². The average Bonchev–Trinajstić information content (AvgIpc) is 3.03. The Kier molecular flexibility index (Phi) is 5.47. The van der Waals surface area contributed by atoms with Crippen LogP contribution in [0.2, 0.25) is 5.02 Å². The maximum atomic E-state index is 11.4. The maximum Gasteiger partial charge on any atom is 0.411 e. The second kappa shape index (κ2) is 6.95. The van der Waals surface area contributed by atoms with Crippen molar-refractivity contribution in [1.29, 1.82) is 0 Å². The zero-order valence-electron chi connectivity index (χ0n) is 11.5. The van der Waals surface area contributed by atoms with Crippen LogP contribution in [0.4, 0.5) is 10.5 Å². The van der Waals surface area contributed by atoms with Gasteiger partial charge in [-0.2, -0.15) is 0 Å². The van der Waals surface area contributed by atoms with Crippen LogP contribution in [0.1, 0.15) is 19.8 Å². The summed E-state index contributed by atoms with van der Waals surface area (Å²) in [7, 11) is 0. The van der Waals surface area contributed by atoms with Crippen molar-refractivity contribution in [3.63, 3.8) is 0 Å². The number of benzene rings is 1. The number of rotatable bonds is 6. The topological polar surface area (TPSA) is 47.6 Å². The lowest BCUT2D eigenvalue weighted by molar-refractivity contribution is 0.161. The van der Waals surface area contributed by atoms with Crippen molar-refractivity contribution in [3.8, 4) is 5.75 Å². The van der Waals surface area contributed by atoms with Gasteiger partial charge in [-0.3, -0.25) is 5.32 Å². The van der Waals surface area contributed by atoms with Crippen molar-refractivity contribution in [2.24, 2.45) is 5.92 Å². The molecule has 21 heavy (non-hydrogen) atoms.